The van der Waals surface area contributed by atoms with Crippen molar-refractivity contribution in [1.29, 1.82) is 0 Å². The van der Waals surface area contributed by atoms with Gasteiger partial charge in [0, 0.05) is 19.6 Å². The van der Waals surface area contributed by atoms with Crippen LogP contribution in [0.25, 0.3) is 0 Å². The lowest BCUT2D eigenvalue weighted by atomic mass is 9.93. The van der Waals surface area contributed by atoms with E-state index >= 15 is 0 Å². The maximum absolute atomic E-state index is 13.0. The van der Waals surface area contributed by atoms with E-state index in [-0.39, 0.29) is 17.1 Å². The third-order valence-electron chi connectivity index (χ3n) is 4.57. The highest BCUT2D eigenvalue weighted by Gasteiger charge is 2.31. The van der Waals surface area contributed by atoms with Gasteiger partial charge in [-0.1, -0.05) is 26.0 Å². The van der Waals surface area contributed by atoms with Crippen molar-refractivity contribution in [3.63, 3.8) is 0 Å². The SMILES string of the molecule is CCNC(=NCC(Cc1ccc(F)cc1)C(N)=O)N1CCC(C)(C)C1. The van der Waals surface area contributed by atoms with Crippen LogP contribution in [0.1, 0.15) is 32.8 Å². The Bertz CT molecular complexity index is 612. The largest absolute Gasteiger partial charge is 0.369 e. The molecule has 1 aliphatic heterocycles. The Labute approximate surface area is 149 Å². The van der Waals surface area contributed by atoms with Gasteiger partial charge in [0.1, 0.15) is 5.82 Å². The van der Waals surface area contributed by atoms with Crippen molar-refractivity contribution < 1.29 is 9.18 Å². The van der Waals surface area contributed by atoms with Crippen LogP contribution >= 0.6 is 0 Å². The van der Waals surface area contributed by atoms with Crippen LogP contribution in [0.5, 0.6) is 0 Å². The number of nitrogens with zero attached hydrogens (tertiary/aromatic N) is 2. The molecule has 5 nitrogen and oxygen atoms in total. The number of likely N-dealkylation sites (tertiary alicyclic amines) is 1. The predicted octanol–water partition coefficient (Wildman–Crippen LogP) is 2.17. The fourth-order valence-corrected chi connectivity index (χ4v) is 3.08. The number of carbonyl (C=O) groups is 1. The van der Waals surface area contributed by atoms with E-state index in [0.717, 1.165) is 37.6 Å². The zero-order chi connectivity index (χ0) is 18.4. The van der Waals surface area contributed by atoms with Crippen LogP contribution in [0.15, 0.2) is 29.3 Å². The average molecular weight is 348 g/mol. The molecule has 6 heteroatoms. The lowest BCUT2D eigenvalue weighted by molar-refractivity contribution is -0.121. The molecular formula is C19H29FN4O. The van der Waals surface area contributed by atoms with Gasteiger partial charge in [0.25, 0.3) is 0 Å². The zero-order valence-electron chi connectivity index (χ0n) is 15.4. The Kier molecular flexibility index (Phi) is 6.39. The third kappa shape index (κ3) is 5.73. The second-order valence-electron chi connectivity index (χ2n) is 7.46. The second-order valence-corrected chi connectivity index (χ2v) is 7.46. The fourth-order valence-electron chi connectivity index (χ4n) is 3.08. The number of aliphatic imine (C=N–C) groups is 1. The van der Waals surface area contributed by atoms with E-state index in [4.69, 9.17) is 5.73 Å². The van der Waals surface area contributed by atoms with E-state index in [1.165, 1.54) is 12.1 Å². The molecule has 1 saturated heterocycles. The van der Waals surface area contributed by atoms with Crippen LogP contribution in [-0.4, -0.2) is 42.9 Å². The molecule has 1 heterocycles. The highest BCUT2D eigenvalue weighted by Crippen LogP contribution is 2.28. The molecule has 0 radical (unpaired) electrons. The molecule has 1 aliphatic rings. The summed E-state index contributed by atoms with van der Waals surface area (Å²) in [5.74, 6) is -0.248. The summed E-state index contributed by atoms with van der Waals surface area (Å²) in [7, 11) is 0. The number of hydrogen-bond donors (Lipinski definition) is 2. The van der Waals surface area contributed by atoms with Crippen LogP contribution in [0.3, 0.4) is 0 Å². The standard InChI is InChI=1S/C19H29FN4O/c1-4-22-18(24-10-9-19(2,3)13-24)23-12-15(17(21)25)11-14-5-7-16(20)8-6-14/h5-8,15H,4,9-13H2,1-3H3,(H2,21,25)(H,22,23). The first-order chi connectivity index (χ1) is 11.8. The monoisotopic (exact) mass is 348 g/mol. The molecule has 1 amide bonds. The van der Waals surface area contributed by atoms with E-state index in [9.17, 15) is 9.18 Å². The lowest BCUT2D eigenvalue weighted by Crippen LogP contribution is -2.41. The molecule has 0 bridgehead atoms. The van der Waals surface area contributed by atoms with Gasteiger partial charge in [0.05, 0.1) is 12.5 Å². The number of hydrogen-bond acceptors (Lipinski definition) is 2. The third-order valence-corrected chi connectivity index (χ3v) is 4.57. The van der Waals surface area contributed by atoms with E-state index < -0.39 is 5.92 Å². The number of carbonyl (C=O) groups excluding carboxylic acids is 1. The maximum atomic E-state index is 13.0. The summed E-state index contributed by atoms with van der Waals surface area (Å²) < 4.78 is 13.0. The minimum absolute atomic E-state index is 0.271. The average Bonchev–Trinajstić information content (AvgIpc) is 2.91. The number of halogens is 1. The maximum Gasteiger partial charge on any atom is 0.222 e. The van der Waals surface area contributed by atoms with Crippen molar-refractivity contribution in [3.05, 3.63) is 35.6 Å². The van der Waals surface area contributed by atoms with Crippen molar-refractivity contribution >= 4 is 11.9 Å². The van der Waals surface area contributed by atoms with Gasteiger partial charge in [-0.2, -0.15) is 0 Å². The van der Waals surface area contributed by atoms with Crippen LogP contribution in [0.4, 0.5) is 4.39 Å². The van der Waals surface area contributed by atoms with Gasteiger partial charge in [0.2, 0.25) is 5.91 Å². The van der Waals surface area contributed by atoms with Gasteiger partial charge in [-0.3, -0.25) is 9.79 Å². The number of benzene rings is 1. The molecule has 1 aromatic carbocycles. The predicted molar refractivity (Wildman–Crippen MR) is 98.7 cm³/mol. The van der Waals surface area contributed by atoms with E-state index in [0.29, 0.717) is 13.0 Å². The Morgan fingerprint density at radius 2 is 2.08 bits per heavy atom. The Hall–Kier alpha value is -2.11. The lowest BCUT2D eigenvalue weighted by Gasteiger charge is -2.24. The van der Waals surface area contributed by atoms with Gasteiger partial charge >= 0.3 is 0 Å². The van der Waals surface area contributed by atoms with Crippen LogP contribution < -0.4 is 11.1 Å². The number of nitrogens with one attached hydrogen (secondary N) is 1. The van der Waals surface area contributed by atoms with Gasteiger partial charge < -0.3 is 16.0 Å². The molecule has 1 unspecified atom stereocenters. The van der Waals surface area contributed by atoms with Crippen LogP contribution in [-0.2, 0) is 11.2 Å². The van der Waals surface area contributed by atoms with Crippen LogP contribution in [0, 0.1) is 17.2 Å². The first-order valence-corrected chi connectivity index (χ1v) is 8.88. The Morgan fingerprint density at radius 3 is 2.60 bits per heavy atom. The topological polar surface area (TPSA) is 70.7 Å². The molecule has 0 aromatic heterocycles. The summed E-state index contributed by atoms with van der Waals surface area (Å²) in [5.41, 5.74) is 6.71. The summed E-state index contributed by atoms with van der Waals surface area (Å²) in [6, 6.07) is 6.16. The number of guanidine groups is 1. The molecule has 3 N–H and O–H groups in total. The van der Waals surface area contributed by atoms with Gasteiger partial charge in [-0.25, -0.2) is 4.39 Å². The van der Waals surface area contributed by atoms with Gasteiger partial charge in [-0.05, 0) is 42.9 Å². The van der Waals surface area contributed by atoms with Crippen molar-refractivity contribution in [2.24, 2.45) is 22.1 Å². The molecule has 0 saturated carbocycles. The fraction of sp³-hybridized carbons (Fsp3) is 0.579. The van der Waals surface area contributed by atoms with E-state index in [1.807, 2.05) is 6.92 Å². The highest BCUT2D eigenvalue weighted by molar-refractivity contribution is 5.81. The van der Waals surface area contributed by atoms with Crippen molar-refractivity contribution in [2.75, 3.05) is 26.2 Å². The van der Waals surface area contributed by atoms with Gasteiger partial charge in [-0.15, -0.1) is 0 Å². The van der Waals surface area contributed by atoms with Gasteiger partial charge in [0.15, 0.2) is 5.96 Å². The number of rotatable bonds is 6. The van der Waals surface area contributed by atoms with E-state index in [1.54, 1.807) is 12.1 Å². The second kappa shape index (κ2) is 8.32. The summed E-state index contributed by atoms with van der Waals surface area (Å²) >= 11 is 0. The molecule has 1 fully saturated rings. The summed E-state index contributed by atoms with van der Waals surface area (Å²) in [4.78, 5) is 18.7. The van der Waals surface area contributed by atoms with E-state index in [2.05, 4.69) is 29.1 Å². The zero-order valence-corrected chi connectivity index (χ0v) is 15.4. The molecule has 25 heavy (non-hydrogen) atoms. The number of primary amides is 1. The summed E-state index contributed by atoms with van der Waals surface area (Å²) in [6.45, 7) is 9.52. The van der Waals surface area contributed by atoms with Crippen molar-refractivity contribution in [2.45, 2.75) is 33.6 Å². The minimum Gasteiger partial charge on any atom is -0.369 e. The smallest absolute Gasteiger partial charge is 0.222 e. The Morgan fingerprint density at radius 1 is 1.40 bits per heavy atom. The quantitative estimate of drug-likeness (QED) is 0.611. The molecule has 0 spiro atoms. The summed E-state index contributed by atoms with van der Waals surface area (Å²) in [5, 5.41) is 3.30. The minimum atomic E-state index is -0.408. The molecule has 2 rings (SSSR count). The molecular weight excluding hydrogens is 319 g/mol. The summed E-state index contributed by atoms with van der Waals surface area (Å²) in [6.07, 6.45) is 1.58. The normalized spacial score (nSPS) is 18.2. The molecule has 1 atom stereocenters. The molecule has 1 aromatic rings. The number of nitrogens with two attached hydrogens (primary N) is 1. The van der Waals surface area contributed by atoms with Crippen LogP contribution in [0.2, 0.25) is 0 Å². The molecule has 0 aliphatic carbocycles. The number of amides is 1. The molecule has 138 valence electrons. The Balaban J connectivity index is 2.06. The highest BCUT2D eigenvalue weighted by atomic mass is 19.1. The van der Waals surface area contributed by atoms with Crippen molar-refractivity contribution in [3.8, 4) is 0 Å². The first-order valence-electron chi connectivity index (χ1n) is 8.88. The first kappa shape index (κ1) is 19.2. The van der Waals surface area contributed by atoms with Crippen molar-refractivity contribution in [1.82, 2.24) is 10.2 Å².